The highest BCUT2D eigenvalue weighted by molar-refractivity contribution is 7.91. The second-order valence-corrected chi connectivity index (χ2v) is 14.4. The van der Waals surface area contributed by atoms with Crippen LogP contribution < -0.4 is 10.2 Å². The Morgan fingerprint density at radius 2 is 1.79 bits per heavy atom. The molecule has 5 heterocycles. The fourth-order valence-electron chi connectivity index (χ4n) is 6.88. The molecule has 2 fully saturated rings. The third-order valence-electron chi connectivity index (χ3n) is 9.35. The molecule has 2 aliphatic heterocycles. The molecule has 0 radical (unpaired) electrons. The molecule has 1 N–H and O–H groups in total. The molecule has 1 aromatic carbocycles. The third kappa shape index (κ3) is 5.57. The first-order chi connectivity index (χ1) is 20.8. The molecule has 43 heavy (non-hydrogen) atoms. The summed E-state index contributed by atoms with van der Waals surface area (Å²) in [4.78, 5) is 26.8. The summed E-state index contributed by atoms with van der Waals surface area (Å²) in [5.74, 6) is 2.49. The number of aromatic nitrogens is 6. The van der Waals surface area contributed by atoms with Crippen LogP contribution in [-0.2, 0) is 27.7 Å². The summed E-state index contributed by atoms with van der Waals surface area (Å²) < 4.78 is 28.1. The number of nitrogens with one attached hydrogen (secondary N) is 1. The highest BCUT2D eigenvalue weighted by Gasteiger charge is 2.32. The summed E-state index contributed by atoms with van der Waals surface area (Å²) in [5, 5.41) is 12.5. The Morgan fingerprint density at radius 3 is 2.58 bits per heavy atom. The van der Waals surface area contributed by atoms with Crippen molar-refractivity contribution in [2.45, 2.75) is 62.9 Å². The SMILES string of the molecule is CS(=O)(=O)C1CCN(c2cccc3c2ccn3-c2ccnc(N[C@H]3CC[C@H](C(=O)N4CCn5cnnc5C4)CC3)n2)CC1. The number of amides is 1. The molecule has 7 rings (SSSR count). The predicted molar refractivity (Wildman–Crippen MR) is 164 cm³/mol. The van der Waals surface area contributed by atoms with E-state index in [1.54, 1.807) is 12.5 Å². The lowest BCUT2D eigenvalue weighted by Gasteiger charge is -2.34. The van der Waals surface area contributed by atoms with Crippen LogP contribution in [0, 0.1) is 5.92 Å². The van der Waals surface area contributed by atoms with Crippen LogP contribution in [0.2, 0.25) is 0 Å². The largest absolute Gasteiger partial charge is 0.371 e. The van der Waals surface area contributed by atoms with Gasteiger partial charge < -0.3 is 24.3 Å². The predicted octanol–water partition coefficient (Wildman–Crippen LogP) is 3.04. The third-order valence-corrected chi connectivity index (χ3v) is 11.0. The fraction of sp³-hybridized carbons (Fsp3) is 0.500. The van der Waals surface area contributed by atoms with Gasteiger partial charge in [-0.15, -0.1) is 10.2 Å². The van der Waals surface area contributed by atoms with Crippen LogP contribution in [0.4, 0.5) is 11.6 Å². The molecule has 3 aliphatic rings. The van der Waals surface area contributed by atoms with Gasteiger partial charge >= 0.3 is 0 Å². The number of fused-ring (bicyclic) bond motifs is 2. The van der Waals surface area contributed by atoms with Gasteiger partial charge in [0.05, 0.1) is 17.3 Å². The quantitative estimate of drug-likeness (QED) is 0.353. The maximum Gasteiger partial charge on any atom is 0.226 e. The molecule has 1 saturated heterocycles. The lowest BCUT2D eigenvalue weighted by Crippen LogP contribution is -2.43. The number of sulfone groups is 1. The Labute approximate surface area is 251 Å². The van der Waals surface area contributed by atoms with Crippen molar-refractivity contribution in [3.63, 3.8) is 0 Å². The van der Waals surface area contributed by atoms with Crippen molar-refractivity contribution in [2.24, 2.45) is 5.92 Å². The number of rotatable bonds is 6. The Morgan fingerprint density at radius 1 is 0.977 bits per heavy atom. The minimum atomic E-state index is -3.01. The zero-order chi connectivity index (χ0) is 29.6. The average molecular weight is 604 g/mol. The standard InChI is InChI=1S/C30H37N9O3S/c1-43(41,42)23-10-14-36(15-11-23)25-3-2-4-26-24(25)12-16-39(26)27-9-13-31-30(34-27)33-22-7-5-21(6-8-22)29(40)37-17-18-38-20-32-35-28(38)19-37/h2-4,9,12-13,16,20-23H,5-8,10-11,14-15,17-19H2,1H3,(H,31,33,34)/t21-,22-. The van der Waals surface area contributed by atoms with Crippen LogP contribution in [0.25, 0.3) is 16.7 Å². The molecule has 1 aliphatic carbocycles. The molecular weight excluding hydrogens is 566 g/mol. The van der Waals surface area contributed by atoms with E-state index in [9.17, 15) is 13.2 Å². The highest BCUT2D eigenvalue weighted by Crippen LogP contribution is 2.33. The monoisotopic (exact) mass is 603 g/mol. The van der Waals surface area contributed by atoms with Gasteiger partial charge in [-0.05, 0) is 62.8 Å². The van der Waals surface area contributed by atoms with Crippen molar-refractivity contribution in [2.75, 3.05) is 36.1 Å². The van der Waals surface area contributed by atoms with Crippen molar-refractivity contribution < 1.29 is 13.2 Å². The molecule has 4 aromatic rings. The molecular formula is C30H37N9O3S. The van der Waals surface area contributed by atoms with E-state index >= 15 is 0 Å². The zero-order valence-electron chi connectivity index (χ0n) is 24.3. The molecule has 12 nitrogen and oxygen atoms in total. The summed E-state index contributed by atoms with van der Waals surface area (Å²) in [5.41, 5.74) is 2.16. The van der Waals surface area contributed by atoms with E-state index < -0.39 is 9.84 Å². The van der Waals surface area contributed by atoms with E-state index in [-0.39, 0.29) is 23.1 Å². The van der Waals surface area contributed by atoms with Crippen molar-refractivity contribution in [3.05, 3.63) is 54.9 Å². The Bertz CT molecular complexity index is 1730. The lowest BCUT2D eigenvalue weighted by molar-refractivity contribution is -0.138. The van der Waals surface area contributed by atoms with Gasteiger partial charge in [0.15, 0.2) is 5.82 Å². The normalized spacial score (nSPS) is 21.6. The molecule has 1 amide bonds. The number of carbonyl (C=O) groups is 1. The summed E-state index contributed by atoms with van der Waals surface area (Å²) in [7, 11) is -3.01. The van der Waals surface area contributed by atoms with Crippen LogP contribution in [0.1, 0.15) is 44.3 Å². The summed E-state index contributed by atoms with van der Waals surface area (Å²) in [6, 6.07) is 10.5. The molecule has 0 unspecified atom stereocenters. The van der Waals surface area contributed by atoms with Crippen LogP contribution in [-0.4, -0.2) is 85.7 Å². The number of hydrogen-bond acceptors (Lipinski definition) is 9. The van der Waals surface area contributed by atoms with E-state index in [0.717, 1.165) is 73.6 Å². The summed E-state index contributed by atoms with van der Waals surface area (Å²) in [6.07, 6.45) is 11.6. The number of nitrogens with zero attached hydrogens (tertiary/aromatic N) is 8. The summed E-state index contributed by atoms with van der Waals surface area (Å²) >= 11 is 0. The minimum Gasteiger partial charge on any atom is -0.371 e. The van der Waals surface area contributed by atoms with Crippen LogP contribution in [0.15, 0.2) is 49.1 Å². The van der Waals surface area contributed by atoms with Crippen LogP contribution in [0.5, 0.6) is 0 Å². The molecule has 0 spiro atoms. The first-order valence-corrected chi connectivity index (χ1v) is 17.1. The molecule has 3 aromatic heterocycles. The van der Waals surface area contributed by atoms with Gasteiger partial charge in [0.2, 0.25) is 11.9 Å². The zero-order valence-corrected chi connectivity index (χ0v) is 25.2. The van der Waals surface area contributed by atoms with E-state index in [1.165, 1.54) is 6.26 Å². The number of hydrogen-bond donors (Lipinski definition) is 1. The second kappa shape index (κ2) is 11.3. The number of piperidine rings is 1. The maximum absolute atomic E-state index is 13.2. The summed E-state index contributed by atoms with van der Waals surface area (Å²) in [6.45, 7) is 3.44. The van der Waals surface area contributed by atoms with Gasteiger partial charge in [-0.3, -0.25) is 4.79 Å². The first-order valence-electron chi connectivity index (χ1n) is 15.1. The van der Waals surface area contributed by atoms with Gasteiger partial charge in [0.25, 0.3) is 0 Å². The van der Waals surface area contributed by atoms with E-state index in [1.807, 2.05) is 27.8 Å². The van der Waals surface area contributed by atoms with Crippen LogP contribution in [0.3, 0.4) is 0 Å². The Balaban J connectivity index is 0.997. The topological polar surface area (TPSA) is 131 Å². The number of carbonyl (C=O) groups excluding carboxylic acids is 1. The molecule has 0 bridgehead atoms. The van der Waals surface area contributed by atoms with Crippen molar-refractivity contribution >= 4 is 38.3 Å². The van der Waals surface area contributed by atoms with E-state index in [0.29, 0.717) is 31.9 Å². The Kier molecular flexibility index (Phi) is 7.28. The highest BCUT2D eigenvalue weighted by atomic mass is 32.2. The van der Waals surface area contributed by atoms with E-state index in [4.69, 9.17) is 4.98 Å². The smallest absolute Gasteiger partial charge is 0.226 e. The lowest BCUT2D eigenvalue weighted by atomic mass is 9.85. The van der Waals surface area contributed by atoms with Gasteiger partial charge in [0, 0.05) is 67.9 Å². The molecule has 226 valence electrons. The molecule has 13 heteroatoms. The van der Waals surface area contributed by atoms with Gasteiger partial charge in [0.1, 0.15) is 22.0 Å². The fourth-order valence-corrected chi connectivity index (χ4v) is 7.95. The van der Waals surface area contributed by atoms with Gasteiger partial charge in [-0.1, -0.05) is 6.07 Å². The van der Waals surface area contributed by atoms with Crippen molar-refractivity contribution in [1.29, 1.82) is 0 Å². The van der Waals surface area contributed by atoms with Gasteiger partial charge in [-0.25, -0.2) is 13.4 Å². The van der Waals surface area contributed by atoms with Gasteiger partial charge in [-0.2, -0.15) is 4.98 Å². The minimum absolute atomic E-state index is 0.0392. The maximum atomic E-state index is 13.2. The van der Waals surface area contributed by atoms with Crippen molar-refractivity contribution in [1.82, 2.24) is 34.2 Å². The second-order valence-electron chi connectivity index (χ2n) is 12.0. The number of anilines is 2. The van der Waals surface area contributed by atoms with E-state index in [2.05, 4.69) is 48.2 Å². The first kappa shape index (κ1) is 27.8. The number of benzene rings is 1. The van der Waals surface area contributed by atoms with Crippen molar-refractivity contribution in [3.8, 4) is 5.82 Å². The average Bonchev–Trinajstić information content (AvgIpc) is 3.68. The van der Waals surface area contributed by atoms with Crippen LogP contribution >= 0.6 is 0 Å². The molecule has 0 atom stereocenters. The Hall–Kier alpha value is -4.00. The molecule has 1 saturated carbocycles.